The van der Waals surface area contributed by atoms with Gasteiger partial charge >= 0.3 is 0 Å². The first-order valence-electron chi connectivity index (χ1n) is 11.0. The predicted molar refractivity (Wildman–Crippen MR) is 131 cm³/mol. The molecule has 2 amide bonds. The van der Waals surface area contributed by atoms with Crippen LogP contribution in [0.1, 0.15) is 16.8 Å². The summed E-state index contributed by atoms with van der Waals surface area (Å²) in [4.78, 5) is 26.7. The SMILES string of the molecule is COCC(=O)N[C@@H]1CCN(c2ccc(C(=O)Nc3cc(-c4ccc(F)cc4)ccc3N)cc2)C1. The van der Waals surface area contributed by atoms with Crippen molar-refractivity contribution in [2.24, 2.45) is 0 Å². The molecule has 1 aliphatic rings. The van der Waals surface area contributed by atoms with Gasteiger partial charge in [-0.3, -0.25) is 9.59 Å². The van der Waals surface area contributed by atoms with Crippen molar-refractivity contribution in [3.63, 3.8) is 0 Å². The van der Waals surface area contributed by atoms with Gasteiger partial charge in [-0.15, -0.1) is 0 Å². The van der Waals surface area contributed by atoms with Gasteiger partial charge in [0.25, 0.3) is 5.91 Å². The maximum atomic E-state index is 13.2. The molecule has 1 fully saturated rings. The van der Waals surface area contributed by atoms with Crippen LogP contribution >= 0.6 is 0 Å². The van der Waals surface area contributed by atoms with E-state index in [1.165, 1.54) is 19.2 Å². The van der Waals surface area contributed by atoms with Gasteiger partial charge < -0.3 is 26.0 Å². The Balaban J connectivity index is 1.40. The summed E-state index contributed by atoms with van der Waals surface area (Å²) in [7, 11) is 1.49. The highest BCUT2D eigenvalue weighted by atomic mass is 19.1. The summed E-state index contributed by atoms with van der Waals surface area (Å²) in [5.74, 6) is -0.707. The molecule has 1 atom stereocenters. The number of carbonyl (C=O) groups is 2. The molecule has 1 saturated heterocycles. The number of methoxy groups -OCH3 is 1. The number of hydrogen-bond donors (Lipinski definition) is 3. The fourth-order valence-electron chi connectivity index (χ4n) is 4.02. The highest BCUT2D eigenvalue weighted by Crippen LogP contribution is 2.28. The van der Waals surface area contributed by atoms with E-state index in [1.54, 1.807) is 36.4 Å². The third-order valence-electron chi connectivity index (χ3n) is 5.80. The molecule has 34 heavy (non-hydrogen) atoms. The molecule has 0 unspecified atom stereocenters. The number of hydrogen-bond acceptors (Lipinski definition) is 5. The van der Waals surface area contributed by atoms with Crippen LogP contribution in [0.15, 0.2) is 66.7 Å². The summed E-state index contributed by atoms with van der Waals surface area (Å²) in [6, 6.07) is 18.8. The Bertz CT molecular complexity index is 1170. The molecule has 0 spiro atoms. The lowest BCUT2D eigenvalue weighted by Gasteiger charge is -2.19. The number of anilines is 3. The van der Waals surface area contributed by atoms with Gasteiger partial charge in [-0.1, -0.05) is 18.2 Å². The van der Waals surface area contributed by atoms with Crippen LogP contribution in [-0.4, -0.2) is 44.7 Å². The monoisotopic (exact) mass is 462 g/mol. The minimum atomic E-state index is -0.309. The minimum Gasteiger partial charge on any atom is -0.397 e. The highest BCUT2D eigenvalue weighted by molar-refractivity contribution is 6.06. The zero-order chi connectivity index (χ0) is 24.1. The van der Waals surface area contributed by atoms with E-state index in [1.807, 2.05) is 18.2 Å². The van der Waals surface area contributed by atoms with Crippen LogP contribution in [0.3, 0.4) is 0 Å². The summed E-state index contributed by atoms with van der Waals surface area (Å²) in [6.07, 6.45) is 0.849. The largest absolute Gasteiger partial charge is 0.397 e. The second kappa shape index (κ2) is 10.4. The molecule has 0 aromatic heterocycles. The van der Waals surface area contributed by atoms with E-state index < -0.39 is 0 Å². The van der Waals surface area contributed by atoms with E-state index >= 15 is 0 Å². The second-order valence-corrected chi connectivity index (χ2v) is 8.24. The Morgan fingerprint density at radius 1 is 1.06 bits per heavy atom. The molecule has 1 heterocycles. The van der Waals surface area contributed by atoms with E-state index in [2.05, 4.69) is 15.5 Å². The first-order chi connectivity index (χ1) is 16.4. The first-order valence-corrected chi connectivity index (χ1v) is 11.0. The molecule has 0 saturated carbocycles. The normalized spacial score (nSPS) is 15.2. The average Bonchev–Trinajstić information content (AvgIpc) is 3.29. The molecule has 0 radical (unpaired) electrons. The fraction of sp³-hybridized carbons (Fsp3) is 0.231. The molecular formula is C26H27FN4O3. The van der Waals surface area contributed by atoms with E-state index in [9.17, 15) is 14.0 Å². The number of nitrogens with two attached hydrogens (primary N) is 1. The van der Waals surface area contributed by atoms with E-state index in [0.29, 0.717) is 23.5 Å². The van der Waals surface area contributed by atoms with Gasteiger partial charge in [0.05, 0.1) is 11.4 Å². The molecule has 4 rings (SSSR count). The van der Waals surface area contributed by atoms with E-state index in [4.69, 9.17) is 10.5 Å². The molecule has 3 aromatic rings. The number of nitrogen functional groups attached to an aromatic ring is 1. The van der Waals surface area contributed by atoms with Crippen LogP contribution < -0.4 is 21.3 Å². The lowest BCUT2D eigenvalue weighted by Crippen LogP contribution is -2.38. The van der Waals surface area contributed by atoms with Gasteiger partial charge in [0.2, 0.25) is 5.91 Å². The average molecular weight is 463 g/mol. The van der Waals surface area contributed by atoms with Crippen LogP contribution in [0.25, 0.3) is 11.1 Å². The molecule has 4 N–H and O–H groups in total. The number of rotatable bonds is 7. The van der Waals surface area contributed by atoms with Crippen molar-refractivity contribution in [1.82, 2.24) is 5.32 Å². The number of nitrogens with zero attached hydrogens (tertiary/aromatic N) is 1. The molecular weight excluding hydrogens is 435 g/mol. The van der Waals surface area contributed by atoms with Crippen molar-refractivity contribution in [3.8, 4) is 11.1 Å². The Morgan fingerprint density at radius 3 is 2.47 bits per heavy atom. The number of halogens is 1. The zero-order valence-corrected chi connectivity index (χ0v) is 18.9. The topological polar surface area (TPSA) is 96.7 Å². The number of amides is 2. The predicted octanol–water partition coefficient (Wildman–Crippen LogP) is 3.67. The summed E-state index contributed by atoms with van der Waals surface area (Å²) < 4.78 is 18.1. The lowest BCUT2D eigenvalue weighted by molar-refractivity contribution is -0.125. The molecule has 0 bridgehead atoms. The Labute approximate surface area is 197 Å². The molecule has 0 aliphatic carbocycles. The molecule has 7 nitrogen and oxygen atoms in total. The quantitative estimate of drug-likeness (QED) is 0.466. The van der Waals surface area contributed by atoms with Crippen LogP contribution in [0, 0.1) is 5.82 Å². The standard InChI is InChI=1S/C26H27FN4O3/c1-34-16-25(32)29-21-12-13-31(15-21)22-9-4-18(5-10-22)26(33)30-24-14-19(6-11-23(24)28)17-2-7-20(27)8-3-17/h2-11,14,21H,12-13,15-16,28H2,1H3,(H,29,32)(H,30,33)/t21-/m1/s1. The van der Waals surface area contributed by atoms with Crippen LogP contribution in [0.2, 0.25) is 0 Å². The van der Waals surface area contributed by atoms with Crippen molar-refractivity contribution in [3.05, 3.63) is 78.1 Å². The number of benzene rings is 3. The third kappa shape index (κ3) is 5.52. The first kappa shape index (κ1) is 23.3. The van der Waals surface area contributed by atoms with Gasteiger partial charge in [0, 0.05) is 37.5 Å². The van der Waals surface area contributed by atoms with Gasteiger partial charge in [-0.05, 0) is 66.1 Å². The van der Waals surface area contributed by atoms with Gasteiger partial charge in [-0.25, -0.2) is 4.39 Å². The van der Waals surface area contributed by atoms with Crippen LogP contribution in [-0.2, 0) is 9.53 Å². The van der Waals surface area contributed by atoms with Crippen LogP contribution in [0.4, 0.5) is 21.5 Å². The van der Waals surface area contributed by atoms with Crippen molar-refractivity contribution in [2.45, 2.75) is 12.5 Å². The van der Waals surface area contributed by atoms with Gasteiger partial charge in [0.15, 0.2) is 0 Å². The maximum Gasteiger partial charge on any atom is 0.255 e. The summed E-state index contributed by atoms with van der Waals surface area (Å²) in [5, 5.41) is 5.83. The number of nitrogens with one attached hydrogen (secondary N) is 2. The van der Waals surface area contributed by atoms with Gasteiger partial charge in [-0.2, -0.15) is 0 Å². The molecule has 176 valence electrons. The lowest BCUT2D eigenvalue weighted by atomic mass is 10.0. The highest BCUT2D eigenvalue weighted by Gasteiger charge is 2.24. The smallest absolute Gasteiger partial charge is 0.255 e. The molecule has 3 aromatic carbocycles. The maximum absolute atomic E-state index is 13.2. The van der Waals surface area contributed by atoms with Crippen molar-refractivity contribution >= 4 is 28.9 Å². The van der Waals surface area contributed by atoms with Crippen LogP contribution in [0.5, 0.6) is 0 Å². The molecule has 1 aliphatic heterocycles. The van der Waals surface area contributed by atoms with E-state index in [0.717, 1.165) is 29.8 Å². The Morgan fingerprint density at radius 2 is 1.76 bits per heavy atom. The molecule has 8 heteroatoms. The van der Waals surface area contributed by atoms with Gasteiger partial charge in [0.1, 0.15) is 12.4 Å². The Kier molecular flexibility index (Phi) is 7.08. The van der Waals surface area contributed by atoms with Crippen molar-refractivity contribution < 1.29 is 18.7 Å². The summed E-state index contributed by atoms with van der Waals surface area (Å²) in [5.41, 5.74) is 10.1. The van der Waals surface area contributed by atoms with Crippen molar-refractivity contribution in [2.75, 3.05) is 42.8 Å². The minimum absolute atomic E-state index is 0.0532. The second-order valence-electron chi connectivity index (χ2n) is 8.24. The number of ether oxygens (including phenoxy) is 1. The fourth-order valence-corrected chi connectivity index (χ4v) is 4.02. The zero-order valence-electron chi connectivity index (χ0n) is 18.9. The summed E-state index contributed by atoms with van der Waals surface area (Å²) in [6.45, 7) is 1.57. The van der Waals surface area contributed by atoms with E-state index in [-0.39, 0.29) is 30.3 Å². The number of carbonyl (C=O) groups excluding carboxylic acids is 2. The van der Waals surface area contributed by atoms with Crippen molar-refractivity contribution in [1.29, 1.82) is 0 Å². The Hall–Kier alpha value is -3.91. The summed E-state index contributed by atoms with van der Waals surface area (Å²) >= 11 is 0. The third-order valence-corrected chi connectivity index (χ3v) is 5.80.